The second-order valence-electron chi connectivity index (χ2n) is 7.05. The number of benzene rings is 2. The number of hydrogen-bond donors (Lipinski definition) is 1. The van der Waals surface area contributed by atoms with Gasteiger partial charge < -0.3 is 14.8 Å². The van der Waals surface area contributed by atoms with Crippen LogP contribution in [0.2, 0.25) is 0 Å². The molecule has 9 heteroatoms. The molecule has 1 N–H and O–H groups in total. The van der Waals surface area contributed by atoms with E-state index in [1.807, 2.05) is 37.3 Å². The lowest BCUT2D eigenvalue weighted by molar-refractivity contribution is -0.122. The van der Waals surface area contributed by atoms with E-state index in [1.54, 1.807) is 30.2 Å². The van der Waals surface area contributed by atoms with E-state index < -0.39 is 0 Å². The van der Waals surface area contributed by atoms with Crippen molar-refractivity contribution in [1.82, 2.24) is 4.90 Å². The average molecular weight is 535 g/mol. The summed E-state index contributed by atoms with van der Waals surface area (Å²) in [7, 11) is 1.63. The normalized spacial score (nSPS) is 14.8. The molecule has 1 heterocycles. The van der Waals surface area contributed by atoms with Crippen molar-refractivity contribution in [3.63, 3.8) is 0 Å². The van der Waals surface area contributed by atoms with Gasteiger partial charge >= 0.3 is 0 Å². The van der Waals surface area contributed by atoms with Crippen LogP contribution in [0.25, 0.3) is 6.08 Å². The predicted octanol–water partition coefficient (Wildman–Crippen LogP) is 5.01. The van der Waals surface area contributed by atoms with Gasteiger partial charge in [0.1, 0.15) is 10.1 Å². The molecule has 0 unspecified atom stereocenters. The van der Waals surface area contributed by atoms with E-state index >= 15 is 0 Å². The lowest BCUT2D eigenvalue weighted by atomic mass is 10.2. The molecule has 2 amide bonds. The van der Waals surface area contributed by atoms with E-state index in [2.05, 4.69) is 21.2 Å². The first-order chi connectivity index (χ1) is 15.4. The molecule has 1 saturated heterocycles. The molecule has 1 fully saturated rings. The maximum absolute atomic E-state index is 12.7. The van der Waals surface area contributed by atoms with Gasteiger partial charge in [-0.1, -0.05) is 52.0 Å². The summed E-state index contributed by atoms with van der Waals surface area (Å²) >= 11 is 10.1. The highest BCUT2D eigenvalue weighted by Gasteiger charge is 2.31. The Balaban J connectivity index is 1.59. The highest BCUT2D eigenvalue weighted by atomic mass is 79.9. The van der Waals surface area contributed by atoms with Crippen molar-refractivity contribution in [1.29, 1.82) is 0 Å². The van der Waals surface area contributed by atoms with Crippen LogP contribution in [-0.4, -0.2) is 47.9 Å². The number of hydrogen-bond acceptors (Lipinski definition) is 6. The molecule has 2 aromatic carbocycles. The van der Waals surface area contributed by atoms with Crippen LogP contribution in [0.1, 0.15) is 17.5 Å². The molecule has 6 nitrogen and oxygen atoms in total. The lowest BCUT2D eigenvalue weighted by Crippen LogP contribution is -2.29. The molecule has 0 spiro atoms. The zero-order valence-electron chi connectivity index (χ0n) is 17.7. The zero-order chi connectivity index (χ0) is 23.1. The van der Waals surface area contributed by atoms with Crippen molar-refractivity contribution in [2.24, 2.45) is 0 Å². The van der Waals surface area contributed by atoms with Crippen molar-refractivity contribution in [2.75, 3.05) is 32.2 Å². The second kappa shape index (κ2) is 11.6. The van der Waals surface area contributed by atoms with Crippen LogP contribution >= 0.6 is 39.9 Å². The minimum atomic E-state index is -0.256. The van der Waals surface area contributed by atoms with Crippen molar-refractivity contribution >= 4 is 67.8 Å². The van der Waals surface area contributed by atoms with Gasteiger partial charge in [0.25, 0.3) is 11.8 Å². The molecule has 0 bridgehead atoms. The van der Waals surface area contributed by atoms with Crippen molar-refractivity contribution in [3.8, 4) is 5.75 Å². The number of nitrogens with zero attached hydrogens (tertiary/aromatic N) is 1. The highest BCUT2D eigenvalue weighted by molar-refractivity contribution is 9.10. The maximum Gasteiger partial charge on any atom is 0.266 e. The van der Waals surface area contributed by atoms with Gasteiger partial charge in [0.05, 0.1) is 4.91 Å². The molecule has 3 rings (SSSR count). The number of amides is 2. The SMILES string of the molecule is COCCCN1C(=O)/C(=C/c2cccc(OCC(=O)Nc3ccc(Br)c(C)c3)c2)SC1=S. The summed E-state index contributed by atoms with van der Waals surface area (Å²) in [5, 5.41) is 2.82. The average Bonchev–Trinajstić information content (AvgIpc) is 3.02. The fourth-order valence-corrected chi connectivity index (χ4v) is 4.53. The third-order valence-electron chi connectivity index (χ3n) is 4.57. The Morgan fingerprint density at radius 1 is 1.28 bits per heavy atom. The van der Waals surface area contributed by atoms with E-state index in [0.29, 0.717) is 33.8 Å². The number of carbonyl (C=O) groups excluding carboxylic acids is 2. The molecule has 0 saturated carbocycles. The number of halogens is 1. The van der Waals surface area contributed by atoms with Crippen LogP contribution in [-0.2, 0) is 14.3 Å². The first-order valence-corrected chi connectivity index (χ1v) is 11.9. The topological polar surface area (TPSA) is 67.9 Å². The lowest BCUT2D eigenvalue weighted by Gasteiger charge is -2.13. The number of thioether (sulfide) groups is 1. The molecular formula is C23H23BrN2O4S2. The summed E-state index contributed by atoms with van der Waals surface area (Å²) in [5.74, 6) is 0.178. The minimum Gasteiger partial charge on any atom is -0.484 e. The summed E-state index contributed by atoms with van der Waals surface area (Å²) < 4.78 is 12.2. The number of rotatable bonds is 9. The third-order valence-corrected chi connectivity index (χ3v) is 6.84. The quantitative estimate of drug-likeness (QED) is 0.277. The number of carbonyl (C=O) groups is 2. The van der Waals surface area contributed by atoms with E-state index in [0.717, 1.165) is 22.0 Å². The number of methoxy groups -OCH3 is 1. The smallest absolute Gasteiger partial charge is 0.266 e. The second-order valence-corrected chi connectivity index (χ2v) is 9.58. The van der Waals surface area contributed by atoms with E-state index in [1.165, 1.54) is 11.8 Å². The summed E-state index contributed by atoms with van der Waals surface area (Å²) in [6.07, 6.45) is 2.51. The van der Waals surface area contributed by atoms with Crippen molar-refractivity contribution < 1.29 is 19.1 Å². The van der Waals surface area contributed by atoms with Gasteiger partial charge in [-0.25, -0.2) is 0 Å². The monoisotopic (exact) mass is 534 g/mol. The Kier molecular flexibility index (Phi) is 8.86. The van der Waals surface area contributed by atoms with Gasteiger partial charge in [-0.15, -0.1) is 0 Å². The largest absolute Gasteiger partial charge is 0.484 e. The fourth-order valence-electron chi connectivity index (χ4n) is 2.97. The Bertz CT molecular complexity index is 1060. The van der Waals surface area contributed by atoms with E-state index in [4.69, 9.17) is 21.7 Å². The molecule has 168 valence electrons. The van der Waals surface area contributed by atoms with E-state index in [-0.39, 0.29) is 18.4 Å². The van der Waals surface area contributed by atoms with Crippen molar-refractivity contribution in [2.45, 2.75) is 13.3 Å². The van der Waals surface area contributed by atoms with Crippen LogP contribution in [0.5, 0.6) is 5.75 Å². The summed E-state index contributed by atoms with van der Waals surface area (Å²) in [6, 6.07) is 12.8. The van der Waals surface area contributed by atoms with Gasteiger partial charge in [0.15, 0.2) is 6.61 Å². The molecule has 32 heavy (non-hydrogen) atoms. The van der Waals surface area contributed by atoms with E-state index in [9.17, 15) is 9.59 Å². The van der Waals surface area contributed by atoms with Crippen molar-refractivity contribution in [3.05, 3.63) is 63.0 Å². The van der Waals surface area contributed by atoms with Crippen LogP contribution < -0.4 is 10.1 Å². The molecule has 0 atom stereocenters. The third kappa shape index (κ3) is 6.65. The number of thiocarbonyl (C=S) groups is 1. The first kappa shape index (κ1) is 24.4. The molecule has 1 aliphatic rings. The maximum atomic E-state index is 12.7. The van der Waals surface area contributed by atoms with Crippen LogP contribution in [0.15, 0.2) is 51.8 Å². The Labute approximate surface area is 205 Å². The Morgan fingerprint density at radius 2 is 2.09 bits per heavy atom. The molecule has 2 aromatic rings. The molecule has 1 aliphatic heterocycles. The number of aryl methyl sites for hydroxylation is 1. The van der Waals surface area contributed by atoms with Crippen LogP contribution in [0.3, 0.4) is 0 Å². The Morgan fingerprint density at radius 3 is 2.84 bits per heavy atom. The molecule has 0 aromatic heterocycles. The first-order valence-electron chi connectivity index (χ1n) is 9.90. The summed E-state index contributed by atoms with van der Waals surface area (Å²) in [6.45, 7) is 2.94. The van der Waals surface area contributed by atoms with Gasteiger partial charge in [0.2, 0.25) is 0 Å². The number of anilines is 1. The standard InChI is InChI=1S/C23H23BrN2O4S2/c1-15-11-17(7-8-19(15)24)25-21(27)14-30-18-6-3-5-16(12-18)13-20-22(28)26(23(31)32-20)9-4-10-29-2/h3,5-8,11-13H,4,9-10,14H2,1-2H3,(H,25,27)/b20-13-. The molecule has 0 aliphatic carbocycles. The predicted molar refractivity (Wildman–Crippen MR) is 136 cm³/mol. The van der Waals surface area contributed by atoms with Crippen LogP contribution in [0, 0.1) is 6.92 Å². The van der Waals surface area contributed by atoms with Gasteiger partial charge in [-0.05, 0) is 60.9 Å². The highest BCUT2D eigenvalue weighted by Crippen LogP contribution is 2.33. The zero-order valence-corrected chi connectivity index (χ0v) is 20.9. The minimum absolute atomic E-state index is 0.105. The molecule has 0 radical (unpaired) electrons. The van der Waals surface area contributed by atoms with Gasteiger partial charge in [0, 0.05) is 30.4 Å². The van der Waals surface area contributed by atoms with Crippen LogP contribution in [0.4, 0.5) is 5.69 Å². The Hall–Kier alpha value is -2.20. The van der Waals surface area contributed by atoms with Gasteiger partial charge in [-0.3, -0.25) is 14.5 Å². The summed E-state index contributed by atoms with van der Waals surface area (Å²) in [4.78, 5) is 27.0. The fraction of sp³-hybridized carbons (Fsp3) is 0.261. The number of nitrogens with one attached hydrogen (secondary N) is 1. The summed E-state index contributed by atoms with van der Waals surface area (Å²) in [5.41, 5.74) is 2.53. The number of ether oxygens (including phenoxy) is 2. The molecular weight excluding hydrogens is 512 g/mol. The van der Waals surface area contributed by atoms with Gasteiger partial charge in [-0.2, -0.15) is 0 Å².